The molecule has 0 aromatic carbocycles. The number of hydrogen-bond donors (Lipinski definition) is 1. The third-order valence-corrected chi connectivity index (χ3v) is 3.69. The lowest BCUT2D eigenvalue weighted by Gasteiger charge is -2.08. The maximum absolute atomic E-state index is 5.09. The second kappa shape index (κ2) is 7.96. The summed E-state index contributed by atoms with van der Waals surface area (Å²) in [7, 11) is 1.73. The molecule has 0 aliphatic carbocycles. The lowest BCUT2D eigenvalue weighted by atomic mass is 10.3. The minimum Gasteiger partial charge on any atom is -0.384 e. The quantitative estimate of drug-likeness (QED) is 0.717. The van der Waals surface area contributed by atoms with Crippen molar-refractivity contribution < 1.29 is 4.74 Å². The van der Waals surface area contributed by atoms with Crippen LogP contribution in [0.3, 0.4) is 0 Å². The summed E-state index contributed by atoms with van der Waals surface area (Å²) in [5.41, 5.74) is 1.23. The standard InChI is InChI=1S/C14H21N3OS/c1-18-10-4-14-16-7-9-17(14)8-3-2-6-15-13-5-11-19-12-13/h5,7,9,11-12,15H,2-4,6,8,10H2,1H3. The third kappa shape index (κ3) is 4.69. The predicted molar refractivity (Wildman–Crippen MR) is 79.8 cm³/mol. The van der Waals surface area contributed by atoms with Gasteiger partial charge in [0, 0.05) is 50.1 Å². The van der Waals surface area contributed by atoms with Crippen LogP contribution in [0.5, 0.6) is 0 Å². The van der Waals surface area contributed by atoms with E-state index < -0.39 is 0 Å². The van der Waals surface area contributed by atoms with Crippen molar-refractivity contribution >= 4 is 17.0 Å². The molecular weight excluding hydrogens is 258 g/mol. The second-order valence-electron chi connectivity index (χ2n) is 4.43. The highest BCUT2D eigenvalue weighted by Crippen LogP contribution is 2.11. The number of ether oxygens (including phenoxy) is 1. The molecule has 0 aliphatic rings. The number of nitrogens with one attached hydrogen (secondary N) is 1. The minimum absolute atomic E-state index is 0.733. The molecule has 2 aromatic rings. The molecule has 0 aliphatic heterocycles. The predicted octanol–water partition coefficient (Wildman–Crippen LogP) is 3.03. The van der Waals surface area contributed by atoms with Gasteiger partial charge in [-0.25, -0.2) is 4.98 Å². The lowest BCUT2D eigenvalue weighted by molar-refractivity contribution is 0.199. The van der Waals surface area contributed by atoms with E-state index in [2.05, 4.69) is 37.9 Å². The van der Waals surface area contributed by atoms with E-state index in [0.29, 0.717) is 0 Å². The van der Waals surface area contributed by atoms with Crippen LogP contribution in [-0.4, -0.2) is 29.8 Å². The average Bonchev–Trinajstić information content (AvgIpc) is 3.07. The minimum atomic E-state index is 0.733. The molecule has 0 saturated carbocycles. The van der Waals surface area contributed by atoms with Crippen LogP contribution in [0.2, 0.25) is 0 Å². The Kier molecular flexibility index (Phi) is 5.91. The summed E-state index contributed by atoms with van der Waals surface area (Å²) < 4.78 is 7.32. The van der Waals surface area contributed by atoms with E-state index >= 15 is 0 Å². The van der Waals surface area contributed by atoms with Gasteiger partial charge in [-0.3, -0.25) is 0 Å². The third-order valence-electron chi connectivity index (χ3n) is 3.01. The fourth-order valence-corrected chi connectivity index (χ4v) is 2.58. The van der Waals surface area contributed by atoms with Crippen LogP contribution >= 0.6 is 11.3 Å². The molecule has 0 atom stereocenters. The van der Waals surface area contributed by atoms with Crippen LogP contribution < -0.4 is 5.32 Å². The van der Waals surface area contributed by atoms with Crippen molar-refractivity contribution in [1.29, 1.82) is 0 Å². The Morgan fingerprint density at radius 1 is 1.42 bits per heavy atom. The molecule has 0 fully saturated rings. The first kappa shape index (κ1) is 14.1. The van der Waals surface area contributed by atoms with Gasteiger partial charge in [-0.05, 0) is 24.3 Å². The first-order valence-electron chi connectivity index (χ1n) is 6.65. The SMILES string of the molecule is COCCc1nccn1CCCCNc1ccsc1. The van der Waals surface area contributed by atoms with E-state index in [0.717, 1.165) is 44.8 Å². The molecule has 2 aromatic heterocycles. The molecule has 4 nitrogen and oxygen atoms in total. The van der Waals surface area contributed by atoms with E-state index in [1.165, 1.54) is 5.69 Å². The van der Waals surface area contributed by atoms with Gasteiger partial charge in [0.25, 0.3) is 0 Å². The lowest BCUT2D eigenvalue weighted by Crippen LogP contribution is -2.08. The van der Waals surface area contributed by atoms with Gasteiger partial charge in [0.05, 0.1) is 6.61 Å². The van der Waals surface area contributed by atoms with E-state index in [-0.39, 0.29) is 0 Å². The number of aromatic nitrogens is 2. The molecule has 1 N–H and O–H groups in total. The molecule has 0 spiro atoms. The maximum atomic E-state index is 5.09. The smallest absolute Gasteiger partial charge is 0.110 e. The number of imidazole rings is 1. The summed E-state index contributed by atoms with van der Waals surface area (Å²) in [4.78, 5) is 4.36. The number of nitrogens with zero attached hydrogens (tertiary/aromatic N) is 2. The van der Waals surface area contributed by atoms with Crippen LogP contribution in [0.15, 0.2) is 29.2 Å². The van der Waals surface area contributed by atoms with E-state index in [1.807, 2.05) is 6.20 Å². The Morgan fingerprint density at radius 2 is 2.37 bits per heavy atom. The van der Waals surface area contributed by atoms with Gasteiger partial charge in [-0.2, -0.15) is 11.3 Å². The molecule has 5 heteroatoms. The van der Waals surface area contributed by atoms with Crippen LogP contribution in [0.4, 0.5) is 5.69 Å². The van der Waals surface area contributed by atoms with Crippen molar-refractivity contribution in [3.05, 3.63) is 35.0 Å². The summed E-state index contributed by atoms with van der Waals surface area (Å²) in [6.45, 7) is 2.79. The Hall–Kier alpha value is -1.33. The fourth-order valence-electron chi connectivity index (χ4n) is 1.97. The monoisotopic (exact) mass is 279 g/mol. The number of methoxy groups -OCH3 is 1. The van der Waals surface area contributed by atoms with Gasteiger partial charge in [0.2, 0.25) is 0 Å². The number of rotatable bonds is 9. The maximum Gasteiger partial charge on any atom is 0.110 e. The molecule has 0 bridgehead atoms. The zero-order chi connectivity index (χ0) is 13.3. The summed E-state index contributed by atoms with van der Waals surface area (Å²) in [6, 6.07) is 2.11. The van der Waals surface area contributed by atoms with Crippen LogP contribution in [0.25, 0.3) is 0 Å². The number of hydrogen-bond acceptors (Lipinski definition) is 4. The van der Waals surface area contributed by atoms with Crippen molar-refractivity contribution in [3.8, 4) is 0 Å². The Morgan fingerprint density at radius 3 is 3.16 bits per heavy atom. The second-order valence-corrected chi connectivity index (χ2v) is 5.21. The number of aryl methyl sites for hydroxylation is 1. The molecule has 104 valence electrons. The number of anilines is 1. The molecular formula is C14H21N3OS. The topological polar surface area (TPSA) is 39.1 Å². The fraction of sp³-hybridized carbons (Fsp3) is 0.500. The Balaban J connectivity index is 1.63. The molecule has 0 saturated heterocycles. The first-order valence-corrected chi connectivity index (χ1v) is 7.59. The van der Waals surface area contributed by atoms with Gasteiger partial charge < -0.3 is 14.6 Å². The van der Waals surface area contributed by atoms with Crippen LogP contribution in [-0.2, 0) is 17.7 Å². The average molecular weight is 279 g/mol. The van der Waals surface area contributed by atoms with Crippen molar-refractivity contribution in [1.82, 2.24) is 9.55 Å². The molecule has 19 heavy (non-hydrogen) atoms. The summed E-state index contributed by atoms with van der Waals surface area (Å²) >= 11 is 1.72. The Bertz CT molecular complexity index is 453. The first-order chi connectivity index (χ1) is 9.40. The zero-order valence-electron chi connectivity index (χ0n) is 11.3. The van der Waals surface area contributed by atoms with Crippen molar-refractivity contribution in [2.75, 3.05) is 25.6 Å². The van der Waals surface area contributed by atoms with E-state index in [1.54, 1.807) is 18.4 Å². The van der Waals surface area contributed by atoms with Gasteiger partial charge in [-0.15, -0.1) is 0 Å². The summed E-state index contributed by atoms with van der Waals surface area (Å²) in [5, 5.41) is 7.65. The largest absolute Gasteiger partial charge is 0.384 e. The molecule has 0 amide bonds. The van der Waals surface area contributed by atoms with E-state index in [9.17, 15) is 0 Å². The van der Waals surface area contributed by atoms with Gasteiger partial charge >= 0.3 is 0 Å². The highest BCUT2D eigenvalue weighted by Gasteiger charge is 2.01. The highest BCUT2D eigenvalue weighted by molar-refractivity contribution is 7.08. The van der Waals surface area contributed by atoms with Crippen molar-refractivity contribution in [2.45, 2.75) is 25.8 Å². The van der Waals surface area contributed by atoms with Gasteiger partial charge in [0.1, 0.15) is 5.82 Å². The summed E-state index contributed by atoms with van der Waals surface area (Å²) in [5.74, 6) is 1.12. The van der Waals surface area contributed by atoms with Crippen LogP contribution in [0.1, 0.15) is 18.7 Å². The highest BCUT2D eigenvalue weighted by atomic mass is 32.1. The number of thiophene rings is 1. The number of unbranched alkanes of at least 4 members (excludes halogenated alkanes) is 1. The van der Waals surface area contributed by atoms with E-state index in [4.69, 9.17) is 4.74 Å². The molecule has 2 heterocycles. The van der Waals surface area contributed by atoms with Crippen molar-refractivity contribution in [3.63, 3.8) is 0 Å². The van der Waals surface area contributed by atoms with Crippen molar-refractivity contribution in [2.24, 2.45) is 0 Å². The summed E-state index contributed by atoms with van der Waals surface area (Å²) in [6.07, 6.45) is 7.13. The van der Waals surface area contributed by atoms with Gasteiger partial charge in [0.15, 0.2) is 0 Å². The molecule has 2 rings (SSSR count). The molecule has 0 radical (unpaired) electrons. The van der Waals surface area contributed by atoms with Crippen LogP contribution in [0, 0.1) is 0 Å². The normalized spacial score (nSPS) is 10.8. The Labute approximate surface area is 118 Å². The zero-order valence-corrected chi connectivity index (χ0v) is 12.2. The molecule has 0 unspecified atom stereocenters. The van der Waals surface area contributed by atoms with Gasteiger partial charge in [-0.1, -0.05) is 0 Å².